The Labute approximate surface area is 100 Å². The van der Waals surface area contributed by atoms with E-state index in [2.05, 4.69) is 39.1 Å². The first-order valence-corrected chi connectivity index (χ1v) is 6.20. The molecule has 1 unspecified atom stereocenters. The van der Waals surface area contributed by atoms with Crippen molar-refractivity contribution in [1.82, 2.24) is 9.78 Å². The molecule has 0 radical (unpaired) electrons. The quantitative estimate of drug-likeness (QED) is 0.881. The van der Waals surface area contributed by atoms with Gasteiger partial charge in [-0.3, -0.25) is 4.68 Å². The normalized spacial score (nSPS) is 13.0. The lowest BCUT2D eigenvalue weighted by atomic mass is 10.2. The predicted molar refractivity (Wildman–Crippen MR) is 66.5 cm³/mol. The molecule has 0 bridgehead atoms. The van der Waals surface area contributed by atoms with Crippen molar-refractivity contribution in [2.24, 2.45) is 5.73 Å². The van der Waals surface area contributed by atoms with E-state index in [-0.39, 0.29) is 6.04 Å². The molecule has 0 saturated carbocycles. The molecule has 0 aliphatic heterocycles. The average molecular weight is 319 g/mol. The highest BCUT2D eigenvalue weighted by Crippen LogP contribution is 2.22. The second-order valence-corrected chi connectivity index (χ2v) is 5.13. The van der Waals surface area contributed by atoms with Crippen LogP contribution in [0, 0.1) is 3.57 Å². The molecule has 2 N–H and O–H groups in total. The maximum absolute atomic E-state index is 5.75. The number of nitrogens with zero attached hydrogens (tertiary/aromatic N) is 2. The molecule has 2 aromatic heterocycles. The zero-order chi connectivity index (χ0) is 9.97. The van der Waals surface area contributed by atoms with Crippen LogP contribution < -0.4 is 5.73 Å². The van der Waals surface area contributed by atoms with Gasteiger partial charge in [-0.25, -0.2) is 0 Å². The van der Waals surface area contributed by atoms with Gasteiger partial charge in [0.25, 0.3) is 0 Å². The van der Waals surface area contributed by atoms with Crippen molar-refractivity contribution < 1.29 is 0 Å². The summed E-state index contributed by atoms with van der Waals surface area (Å²) in [5, 5.41) is 6.34. The summed E-state index contributed by atoms with van der Waals surface area (Å²) < 4.78 is 3.06. The molecular weight excluding hydrogens is 309 g/mol. The number of halogens is 1. The van der Waals surface area contributed by atoms with E-state index in [1.807, 2.05) is 23.1 Å². The number of rotatable bonds is 3. The number of hydrogen-bond acceptors (Lipinski definition) is 3. The Bertz CT molecular complexity index is 396. The van der Waals surface area contributed by atoms with Gasteiger partial charge in [-0.15, -0.1) is 11.3 Å². The molecule has 0 aliphatic carbocycles. The van der Waals surface area contributed by atoms with Gasteiger partial charge in [-0.05, 0) is 34.0 Å². The molecule has 1 atom stereocenters. The van der Waals surface area contributed by atoms with Gasteiger partial charge in [0.1, 0.15) is 0 Å². The largest absolute Gasteiger partial charge is 0.328 e. The van der Waals surface area contributed by atoms with Crippen LogP contribution in [0.15, 0.2) is 29.9 Å². The maximum atomic E-state index is 5.75. The molecule has 0 saturated heterocycles. The third-order valence-electron chi connectivity index (χ3n) is 1.98. The van der Waals surface area contributed by atoms with E-state index in [4.69, 9.17) is 5.73 Å². The molecule has 14 heavy (non-hydrogen) atoms. The molecule has 0 amide bonds. The van der Waals surface area contributed by atoms with Crippen molar-refractivity contribution >= 4 is 33.9 Å². The van der Waals surface area contributed by atoms with E-state index in [0.717, 1.165) is 3.57 Å². The summed E-state index contributed by atoms with van der Waals surface area (Å²) in [4.78, 5) is 1.26. The van der Waals surface area contributed by atoms with Crippen LogP contribution in [0.5, 0.6) is 0 Å². The van der Waals surface area contributed by atoms with Crippen molar-refractivity contribution in [2.45, 2.75) is 6.04 Å². The van der Waals surface area contributed by atoms with Gasteiger partial charge in [0, 0.05) is 17.6 Å². The molecule has 2 aromatic rings. The first-order valence-electron chi connectivity index (χ1n) is 4.24. The summed E-state index contributed by atoms with van der Waals surface area (Å²) in [7, 11) is 0. The Kier molecular flexibility index (Phi) is 3.19. The highest BCUT2D eigenvalue weighted by atomic mass is 127. The van der Waals surface area contributed by atoms with Gasteiger partial charge < -0.3 is 5.73 Å². The van der Waals surface area contributed by atoms with Crippen LogP contribution in [0.2, 0.25) is 0 Å². The van der Waals surface area contributed by atoms with Gasteiger partial charge in [-0.2, -0.15) is 5.10 Å². The van der Waals surface area contributed by atoms with Crippen molar-refractivity contribution in [2.75, 3.05) is 6.54 Å². The van der Waals surface area contributed by atoms with Gasteiger partial charge in [0.15, 0.2) is 0 Å². The van der Waals surface area contributed by atoms with Crippen LogP contribution >= 0.6 is 33.9 Å². The molecule has 0 aromatic carbocycles. The number of aromatic nitrogens is 2. The van der Waals surface area contributed by atoms with Crippen LogP contribution in [0.1, 0.15) is 10.9 Å². The summed E-state index contributed by atoms with van der Waals surface area (Å²) in [6, 6.07) is 4.31. The third-order valence-corrected chi connectivity index (χ3v) is 3.51. The lowest BCUT2D eigenvalue weighted by Crippen LogP contribution is -2.19. The fourth-order valence-corrected chi connectivity index (χ4v) is 2.56. The Morgan fingerprint density at radius 2 is 2.50 bits per heavy atom. The monoisotopic (exact) mass is 319 g/mol. The number of nitrogens with two attached hydrogens (primary N) is 1. The van der Waals surface area contributed by atoms with E-state index in [9.17, 15) is 0 Å². The highest BCUT2D eigenvalue weighted by Gasteiger charge is 2.13. The van der Waals surface area contributed by atoms with E-state index in [1.54, 1.807) is 11.3 Å². The molecule has 0 aliphatic rings. The number of hydrogen-bond donors (Lipinski definition) is 1. The number of thiophene rings is 1. The minimum atomic E-state index is 0.179. The fraction of sp³-hybridized carbons (Fsp3) is 0.222. The maximum Gasteiger partial charge on any atom is 0.0982 e. The summed E-state index contributed by atoms with van der Waals surface area (Å²) >= 11 is 3.96. The Morgan fingerprint density at radius 3 is 3.00 bits per heavy atom. The Morgan fingerprint density at radius 1 is 1.64 bits per heavy atom. The van der Waals surface area contributed by atoms with Crippen LogP contribution in [-0.4, -0.2) is 16.3 Å². The molecule has 5 heteroatoms. The SMILES string of the molecule is NCC(c1cccs1)n1cc(I)cn1. The van der Waals surface area contributed by atoms with E-state index < -0.39 is 0 Å². The van der Waals surface area contributed by atoms with Crippen molar-refractivity contribution in [3.63, 3.8) is 0 Å². The highest BCUT2D eigenvalue weighted by molar-refractivity contribution is 14.1. The van der Waals surface area contributed by atoms with Crippen molar-refractivity contribution in [3.05, 3.63) is 38.4 Å². The van der Waals surface area contributed by atoms with Crippen LogP contribution in [-0.2, 0) is 0 Å². The van der Waals surface area contributed by atoms with Gasteiger partial charge >= 0.3 is 0 Å². The smallest absolute Gasteiger partial charge is 0.0982 e. The Balaban J connectivity index is 2.31. The minimum Gasteiger partial charge on any atom is -0.328 e. The summed E-state index contributed by atoms with van der Waals surface area (Å²) in [6.07, 6.45) is 3.86. The van der Waals surface area contributed by atoms with Gasteiger partial charge in [0.2, 0.25) is 0 Å². The zero-order valence-electron chi connectivity index (χ0n) is 7.43. The van der Waals surface area contributed by atoms with Crippen LogP contribution in [0.25, 0.3) is 0 Å². The topological polar surface area (TPSA) is 43.8 Å². The van der Waals surface area contributed by atoms with Gasteiger partial charge in [-0.1, -0.05) is 6.07 Å². The molecule has 2 rings (SSSR count). The third kappa shape index (κ3) is 1.99. The standard InChI is InChI=1S/C9H10IN3S/c10-7-5-12-13(6-7)8(4-11)9-2-1-3-14-9/h1-3,5-6,8H,4,11H2. The summed E-state index contributed by atoms with van der Waals surface area (Å²) in [5.41, 5.74) is 5.75. The average Bonchev–Trinajstić information content (AvgIpc) is 2.79. The Hall–Kier alpha value is -0.400. The summed E-state index contributed by atoms with van der Waals surface area (Å²) in [5.74, 6) is 0. The van der Waals surface area contributed by atoms with Crippen LogP contribution in [0.4, 0.5) is 0 Å². The lowest BCUT2D eigenvalue weighted by Gasteiger charge is -2.12. The summed E-state index contributed by atoms with van der Waals surface area (Å²) in [6.45, 7) is 0.582. The first kappa shape index (κ1) is 10.1. The van der Waals surface area contributed by atoms with E-state index >= 15 is 0 Å². The van der Waals surface area contributed by atoms with Crippen molar-refractivity contribution in [3.8, 4) is 0 Å². The lowest BCUT2D eigenvalue weighted by molar-refractivity contribution is 0.539. The molecule has 2 heterocycles. The molecule has 3 nitrogen and oxygen atoms in total. The predicted octanol–water partition coefficient (Wildman–Crippen LogP) is 2.10. The zero-order valence-corrected chi connectivity index (χ0v) is 10.4. The van der Waals surface area contributed by atoms with E-state index in [1.165, 1.54) is 4.88 Å². The molecule has 74 valence electrons. The first-order chi connectivity index (χ1) is 6.81. The van der Waals surface area contributed by atoms with Gasteiger partial charge in [0.05, 0.1) is 15.8 Å². The van der Waals surface area contributed by atoms with Crippen molar-refractivity contribution in [1.29, 1.82) is 0 Å². The van der Waals surface area contributed by atoms with E-state index in [0.29, 0.717) is 6.54 Å². The molecular formula is C9H10IN3S. The fourth-order valence-electron chi connectivity index (χ4n) is 1.32. The molecule has 0 fully saturated rings. The second kappa shape index (κ2) is 4.41. The molecule has 0 spiro atoms. The second-order valence-electron chi connectivity index (χ2n) is 2.91. The van der Waals surface area contributed by atoms with Crippen LogP contribution in [0.3, 0.4) is 0 Å². The minimum absolute atomic E-state index is 0.179.